The second kappa shape index (κ2) is 5.71. The Morgan fingerprint density at radius 1 is 1.16 bits per heavy atom. The van der Waals surface area contributed by atoms with Gasteiger partial charge in [-0.2, -0.15) is 4.68 Å². The van der Waals surface area contributed by atoms with Crippen LogP contribution in [0.15, 0.2) is 47.1 Å². The Hall–Kier alpha value is -3.75. The maximum absolute atomic E-state index is 12.2. The second-order valence-electron chi connectivity index (χ2n) is 5.19. The Labute approximate surface area is 141 Å². The molecule has 4 aromatic rings. The van der Waals surface area contributed by atoms with Crippen LogP contribution in [0, 0.1) is 0 Å². The summed E-state index contributed by atoms with van der Waals surface area (Å²) in [5.74, 6) is -0.447. The molecule has 124 valence electrons. The van der Waals surface area contributed by atoms with Crippen LogP contribution in [0.1, 0.15) is 10.5 Å². The van der Waals surface area contributed by atoms with E-state index in [2.05, 4.69) is 25.3 Å². The molecule has 0 aliphatic rings. The summed E-state index contributed by atoms with van der Waals surface area (Å²) in [6.45, 7) is 0. The van der Waals surface area contributed by atoms with Gasteiger partial charge in [-0.15, -0.1) is 5.10 Å². The molecule has 0 bridgehead atoms. The van der Waals surface area contributed by atoms with Gasteiger partial charge >= 0.3 is 5.97 Å². The van der Waals surface area contributed by atoms with E-state index in [9.17, 15) is 4.79 Å². The highest BCUT2D eigenvalue weighted by Gasteiger charge is 2.26. The topological polar surface area (TPSA) is 122 Å². The van der Waals surface area contributed by atoms with Gasteiger partial charge in [-0.05, 0) is 21.1 Å². The fraction of sp³-hybridized carbons (Fsp3) is 0.0625. The van der Waals surface area contributed by atoms with E-state index < -0.39 is 5.97 Å². The predicted octanol–water partition coefficient (Wildman–Crippen LogP) is 1.84. The first-order valence-corrected chi connectivity index (χ1v) is 7.31. The summed E-state index contributed by atoms with van der Waals surface area (Å²) in [5.41, 5.74) is 6.94. The van der Waals surface area contributed by atoms with Crippen molar-refractivity contribution in [2.24, 2.45) is 0 Å². The SMILES string of the molecule is COC(=O)c1nnn(-c2nonc2N)c1-c1cccc2ccccc12. The molecule has 0 unspecified atom stereocenters. The van der Waals surface area contributed by atoms with Gasteiger partial charge in [0.25, 0.3) is 0 Å². The maximum atomic E-state index is 12.2. The van der Waals surface area contributed by atoms with Gasteiger partial charge in [-0.1, -0.05) is 47.7 Å². The van der Waals surface area contributed by atoms with Crippen LogP contribution in [0.4, 0.5) is 5.82 Å². The molecule has 0 fully saturated rings. The van der Waals surface area contributed by atoms with Crippen molar-refractivity contribution in [3.05, 3.63) is 48.2 Å². The zero-order valence-electron chi connectivity index (χ0n) is 13.1. The van der Waals surface area contributed by atoms with Crippen LogP contribution in [-0.4, -0.2) is 38.4 Å². The zero-order valence-corrected chi connectivity index (χ0v) is 13.1. The summed E-state index contributed by atoms with van der Waals surface area (Å²) in [5, 5.41) is 17.1. The van der Waals surface area contributed by atoms with Gasteiger partial charge in [-0.25, -0.2) is 9.42 Å². The highest BCUT2D eigenvalue weighted by atomic mass is 16.6. The van der Waals surface area contributed by atoms with Crippen molar-refractivity contribution in [3.8, 4) is 17.1 Å². The van der Waals surface area contributed by atoms with Crippen molar-refractivity contribution in [3.63, 3.8) is 0 Å². The van der Waals surface area contributed by atoms with Crippen LogP contribution in [0.3, 0.4) is 0 Å². The van der Waals surface area contributed by atoms with Crippen molar-refractivity contribution < 1.29 is 14.2 Å². The minimum Gasteiger partial charge on any atom is -0.464 e. The van der Waals surface area contributed by atoms with Gasteiger partial charge < -0.3 is 10.5 Å². The number of ether oxygens (including phenoxy) is 1. The third kappa shape index (κ3) is 2.29. The number of rotatable bonds is 3. The lowest BCUT2D eigenvalue weighted by atomic mass is 10.0. The van der Waals surface area contributed by atoms with Gasteiger partial charge in [0.15, 0.2) is 5.69 Å². The van der Waals surface area contributed by atoms with Gasteiger partial charge in [0, 0.05) is 5.56 Å². The molecular weight excluding hydrogens is 324 g/mol. The normalized spacial score (nSPS) is 10.9. The van der Waals surface area contributed by atoms with E-state index in [1.165, 1.54) is 11.8 Å². The van der Waals surface area contributed by atoms with E-state index in [1.807, 2.05) is 42.5 Å². The minimum absolute atomic E-state index is 0.0304. The van der Waals surface area contributed by atoms with Gasteiger partial charge in [0.1, 0.15) is 5.69 Å². The van der Waals surface area contributed by atoms with Crippen molar-refractivity contribution in [2.75, 3.05) is 12.8 Å². The molecule has 2 aromatic carbocycles. The Kier molecular flexibility index (Phi) is 3.38. The Balaban J connectivity index is 2.07. The Morgan fingerprint density at radius 3 is 2.72 bits per heavy atom. The number of nitrogen functional groups attached to an aromatic ring is 1. The zero-order chi connectivity index (χ0) is 17.4. The number of hydrogen-bond donors (Lipinski definition) is 1. The number of esters is 1. The number of hydrogen-bond acceptors (Lipinski definition) is 8. The summed E-state index contributed by atoms with van der Waals surface area (Å²) in [7, 11) is 1.28. The molecule has 9 nitrogen and oxygen atoms in total. The van der Waals surface area contributed by atoms with E-state index in [4.69, 9.17) is 10.5 Å². The first-order valence-electron chi connectivity index (χ1n) is 7.31. The lowest BCUT2D eigenvalue weighted by Crippen LogP contribution is -2.07. The average molecular weight is 336 g/mol. The highest BCUT2D eigenvalue weighted by Crippen LogP contribution is 2.32. The molecule has 4 rings (SSSR count). The average Bonchev–Trinajstić information content (AvgIpc) is 3.26. The van der Waals surface area contributed by atoms with Crippen LogP contribution >= 0.6 is 0 Å². The number of carbonyl (C=O) groups excluding carboxylic acids is 1. The molecule has 2 N–H and O–H groups in total. The quantitative estimate of drug-likeness (QED) is 0.562. The molecule has 0 aliphatic heterocycles. The first-order chi connectivity index (χ1) is 12.2. The van der Waals surface area contributed by atoms with E-state index in [1.54, 1.807) is 0 Å². The molecule has 0 saturated heterocycles. The molecular formula is C16H12N6O3. The minimum atomic E-state index is -0.621. The van der Waals surface area contributed by atoms with E-state index in [0.717, 1.165) is 16.3 Å². The molecule has 0 saturated carbocycles. The molecule has 0 aliphatic carbocycles. The van der Waals surface area contributed by atoms with Crippen LogP contribution in [0.25, 0.3) is 27.8 Å². The largest absolute Gasteiger partial charge is 0.464 e. The van der Waals surface area contributed by atoms with Crippen molar-refractivity contribution in [1.29, 1.82) is 0 Å². The van der Waals surface area contributed by atoms with Crippen molar-refractivity contribution in [2.45, 2.75) is 0 Å². The highest BCUT2D eigenvalue weighted by molar-refractivity contribution is 6.02. The third-order valence-corrected chi connectivity index (χ3v) is 3.79. The van der Waals surface area contributed by atoms with Crippen LogP contribution in [0.2, 0.25) is 0 Å². The summed E-state index contributed by atoms with van der Waals surface area (Å²) in [4.78, 5) is 12.2. The predicted molar refractivity (Wildman–Crippen MR) is 87.9 cm³/mol. The second-order valence-corrected chi connectivity index (χ2v) is 5.19. The number of nitrogens with zero attached hydrogens (tertiary/aromatic N) is 5. The van der Waals surface area contributed by atoms with Crippen LogP contribution in [0.5, 0.6) is 0 Å². The summed E-state index contributed by atoms with van der Waals surface area (Å²) >= 11 is 0. The standard InChI is InChI=1S/C16H12N6O3/c1-24-16(23)12-13(22(21-18-12)15-14(17)19-25-20-15)11-8-4-6-9-5-2-3-7-10(9)11/h2-8H,1H3,(H2,17,19). The summed E-state index contributed by atoms with van der Waals surface area (Å²) < 4.78 is 10.8. The molecule has 2 heterocycles. The number of anilines is 1. The summed E-state index contributed by atoms with van der Waals surface area (Å²) in [6, 6.07) is 13.4. The number of nitrogens with two attached hydrogens (primary N) is 1. The molecule has 0 radical (unpaired) electrons. The first kappa shape index (κ1) is 14.8. The lowest BCUT2D eigenvalue weighted by Gasteiger charge is -2.09. The van der Waals surface area contributed by atoms with Crippen molar-refractivity contribution >= 4 is 22.6 Å². The van der Waals surface area contributed by atoms with Crippen molar-refractivity contribution in [1.82, 2.24) is 25.3 Å². The Morgan fingerprint density at radius 2 is 1.96 bits per heavy atom. The number of carbonyl (C=O) groups is 1. The lowest BCUT2D eigenvalue weighted by molar-refractivity contribution is 0.0595. The van der Waals surface area contributed by atoms with E-state index >= 15 is 0 Å². The number of benzene rings is 2. The van der Waals surface area contributed by atoms with Gasteiger partial charge in [0.05, 0.1) is 7.11 Å². The molecule has 25 heavy (non-hydrogen) atoms. The molecule has 0 amide bonds. The smallest absolute Gasteiger partial charge is 0.360 e. The number of fused-ring (bicyclic) bond motifs is 1. The van der Waals surface area contributed by atoms with E-state index in [0.29, 0.717) is 5.69 Å². The Bertz CT molecular complexity index is 1080. The van der Waals surface area contributed by atoms with Crippen LogP contribution in [-0.2, 0) is 4.74 Å². The van der Waals surface area contributed by atoms with E-state index in [-0.39, 0.29) is 17.3 Å². The number of aromatic nitrogens is 5. The van der Waals surface area contributed by atoms with Gasteiger partial charge in [0.2, 0.25) is 11.6 Å². The fourth-order valence-corrected chi connectivity index (χ4v) is 2.68. The molecule has 0 spiro atoms. The molecule has 2 aromatic heterocycles. The molecule has 0 atom stereocenters. The summed E-state index contributed by atoms with van der Waals surface area (Å²) in [6.07, 6.45) is 0. The maximum Gasteiger partial charge on any atom is 0.360 e. The monoisotopic (exact) mass is 336 g/mol. The van der Waals surface area contributed by atoms with Gasteiger partial charge in [-0.3, -0.25) is 0 Å². The third-order valence-electron chi connectivity index (χ3n) is 3.79. The fourth-order valence-electron chi connectivity index (χ4n) is 2.68. The molecule has 9 heteroatoms. The number of methoxy groups -OCH3 is 1. The van der Waals surface area contributed by atoms with Crippen LogP contribution < -0.4 is 5.73 Å².